The van der Waals surface area contributed by atoms with E-state index >= 15 is 0 Å². The van der Waals surface area contributed by atoms with Crippen molar-refractivity contribution in [3.05, 3.63) is 53.2 Å². The summed E-state index contributed by atoms with van der Waals surface area (Å²) < 4.78 is 33.4. The number of carbonyl (C=O) groups excluding carboxylic acids is 1. The molecule has 0 saturated carbocycles. The Kier molecular flexibility index (Phi) is 4.58. The van der Waals surface area contributed by atoms with Gasteiger partial charge in [-0.25, -0.2) is 13.4 Å². The molecule has 2 heterocycles. The summed E-state index contributed by atoms with van der Waals surface area (Å²) >= 11 is 0. The monoisotopic (exact) mass is 378 g/mol. The van der Waals surface area contributed by atoms with Gasteiger partial charge in [0.2, 0.25) is 5.78 Å². The van der Waals surface area contributed by atoms with E-state index in [9.17, 15) is 22.9 Å². The van der Waals surface area contributed by atoms with E-state index in [0.717, 1.165) is 17.7 Å². The minimum absolute atomic E-state index is 0. The van der Waals surface area contributed by atoms with Gasteiger partial charge in [-0.2, -0.15) is 0 Å². The van der Waals surface area contributed by atoms with E-state index in [4.69, 9.17) is 0 Å². The predicted octanol–water partition coefficient (Wildman–Crippen LogP) is -0.593. The molecule has 1 aliphatic heterocycles. The molecule has 4 rings (SSSR count). The number of benzene rings is 2. The molecule has 3 aromatic rings. The van der Waals surface area contributed by atoms with Gasteiger partial charge in [-0.15, -0.1) is 0 Å². The van der Waals surface area contributed by atoms with Gasteiger partial charge < -0.3 is 14.6 Å². The van der Waals surface area contributed by atoms with E-state index in [1.165, 1.54) is 6.07 Å². The van der Waals surface area contributed by atoms with E-state index in [0.29, 0.717) is 10.9 Å². The van der Waals surface area contributed by atoms with Crippen LogP contribution in [0.4, 0.5) is 5.69 Å². The number of aliphatic imine (C=N–C) groups is 1. The number of hydrogen-bond acceptors (Lipinski definition) is 6. The predicted molar refractivity (Wildman–Crippen MR) is 89.6 cm³/mol. The average molecular weight is 378 g/mol. The first-order chi connectivity index (χ1) is 11.8. The van der Waals surface area contributed by atoms with Crippen LogP contribution in [0, 0.1) is 6.92 Å². The summed E-state index contributed by atoms with van der Waals surface area (Å²) in [5, 5.41) is 11.0. The Morgan fingerprint density at radius 2 is 1.88 bits per heavy atom. The van der Waals surface area contributed by atoms with Crippen molar-refractivity contribution in [3.63, 3.8) is 0 Å². The molecule has 0 unspecified atom stereocenters. The Balaban J connectivity index is 0.00000196. The fourth-order valence-electron chi connectivity index (χ4n) is 2.88. The molecular formula is C17H11N2NaO5S. The topological polar surface area (TPSA) is 123 Å². The Hall–Kier alpha value is -1.97. The van der Waals surface area contributed by atoms with Crippen LogP contribution in [0.15, 0.2) is 46.3 Å². The van der Waals surface area contributed by atoms with Crippen molar-refractivity contribution >= 4 is 38.2 Å². The number of aromatic hydroxyl groups is 1. The van der Waals surface area contributed by atoms with E-state index < -0.39 is 20.8 Å². The smallest absolute Gasteiger partial charge is 0.744 e. The fourth-order valence-corrected chi connectivity index (χ4v) is 3.38. The zero-order valence-corrected chi connectivity index (χ0v) is 16.7. The molecule has 0 fully saturated rings. The third-order valence-corrected chi connectivity index (χ3v) is 4.94. The van der Waals surface area contributed by atoms with Crippen molar-refractivity contribution in [1.82, 2.24) is 4.98 Å². The van der Waals surface area contributed by atoms with Crippen LogP contribution in [-0.4, -0.2) is 34.6 Å². The quantitative estimate of drug-likeness (QED) is 0.456. The number of aromatic amines is 1. The molecule has 9 heteroatoms. The van der Waals surface area contributed by atoms with Crippen LogP contribution in [0.3, 0.4) is 0 Å². The Bertz CT molecular complexity index is 1210. The third kappa shape index (κ3) is 2.89. The number of carbonyl (C=O) groups is 1. The summed E-state index contributed by atoms with van der Waals surface area (Å²) in [6.07, 6.45) is 0. The Labute approximate surface area is 170 Å². The summed E-state index contributed by atoms with van der Waals surface area (Å²) in [6, 6.07) is 8.84. The SMILES string of the molecule is Cc1ccc2[nH]c(C3=Nc4ccc(S(=O)(=O)[O-])cc4C3=O)c(O)c2c1.[Na+]. The molecule has 126 valence electrons. The van der Waals surface area contributed by atoms with Crippen LogP contribution in [0.1, 0.15) is 21.6 Å². The van der Waals surface area contributed by atoms with Crippen molar-refractivity contribution < 1.29 is 52.4 Å². The first-order valence-corrected chi connectivity index (χ1v) is 8.71. The number of H-pyrrole nitrogens is 1. The molecule has 0 amide bonds. The van der Waals surface area contributed by atoms with Gasteiger partial charge in [-0.05, 0) is 37.3 Å². The normalized spacial score (nSPS) is 13.5. The number of nitrogens with one attached hydrogen (secondary N) is 1. The second-order valence-electron chi connectivity index (χ2n) is 5.82. The third-order valence-electron chi connectivity index (χ3n) is 4.11. The Morgan fingerprint density at radius 3 is 2.58 bits per heavy atom. The summed E-state index contributed by atoms with van der Waals surface area (Å²) in [7, 11) is -4.67. The molecule has 7 nitrogen and oxygen atoms in total. The first kappa shape index (κ1) is 18.8. The molecule has 1 aromatic heterocycles. The van der Waals surface area contributed by atoms with E-state index in [1.807, 2.05) is 13.0 Å². The van der Waals surface area contributed by atoms with Crippen LogP contribution in [-0.2, 0) is 10.1 Å². The zero-order valence-electron chi connectivity index (χ0n) is 13.9. The molecule has 26 heavy (non-hydrogen) atoms. The molecule has 2 N–H and O–H groups in total. The summed E-state index contributed by atoms with van der Waals surface area (Å²) in [6.45, 7) is 1.88. The Morgan fingerprint density at radius 1 is 1.15 bits per heavy atom. The average Bonchev–Trinajstić information content (AvgIpc) is 3.04. The zero-order chi connectivity index (χ0) is 17.9. The second kappa shape index (κ2) is 6.33. The van der Waals surface area contributed by atoms with Crippen LogP contribution in [0.25, 0.3) is 10.9 Å². The minimum Gasteiger partial charge on any atom is -0.744 e. The maximum atomic E-state index is 12.6. The van der Waals surface area contributed by atoms with Crippen molar-refractivity contribution in [2.24, 2.45) is 4.99 Å². The number of fused-ring (bicyclic) bond motifs is 2. The number of rotatable bonds is 2. The van der Waals surface area contributed by atoms with Crippen LogP contribution >= 0.6 is 0 Å². The van der Waals surface area contributed by atoms with Crippen LogP contribution in [0.2, 0.25) is 0 Å². The van der Waals surface area contributed by atoms with Gasteiger partial charge in [0.1, 0.15) is 21.5 Å². The largest absolute Gasteiger partial charge is 1.00 e. The van der Waals surface area contributed by atoms with Gasteiger partial charge in [0, 0.05) is 10.9 Å². The van der Waals surface area contributed by atoms with Crippen LogP contribution < -0.4 is 29.6 Å². The second-order valence-corrected chi connectivity index (χ2v) is 7.20. The molecule has 0 radical (unpaired) electrons. The van der Waals surface area contributed by atoms with Crippen molar-refractivity contribution in [2.45, 2.75) is 11.8 Å². The number of nitrogens with zero attached hydrogens (tertiary/aromatic N) is 1. The number of ketones is 1. The molecule has 0 spiro atoms. The summed E-state index contributed by atoms with van der Waals surface area (Å²) in [5.41, 5.74) is 1.99. The molecular weight excluding hydrogens is 367 g/mol. The van der Waals surface area contributed by atoms with Gasteiger partial charge in [0.05, 0.1) is 16.1 Å². The van der Waals surface area contributed by atoms with Gasteiger partial charge in [-0.3, -0.25) is 4.79 Å². The van der Waals surface area contributed by atoms with E-state index in [1.54, 1.807) is 12.1 Å². The number of aromatic nitrogens is 1. The molecule has 0 saturated heterocycles. The van der Waals surface area contributed by atoms with Crippen molar-refractivity contribution in [1.29, 1.82) is 0 Å². The maximum absolute atomic E-state index is 12.6. The molecule has 0 atom stereocenters. The molecule has 1 aliphatic rings. The van der Waals surface area contributed by atoms with E-state index in [-0.39, 0.29) is 58.0 Å². The van der Waals surface area contributed by atoms with Gasteiger partial charge >= 0.3 is 29.6 Å². The van der Waals surface area contributed by atoms with Crippen molar-refractivity contribution in [3.8, 4) is 5.75 Å². The van der Waals surface area contributed by atoms with Crippen LogP contribution in [0.5, 0.6) is 5.75 Å². The number of Topliss-reactive ketones (excluding diaryl/α,β-unsaturated/α-hetero) is 1. The molecule has 2 aromatic carbocycles. The summed E-state index contributed by atoms with van der Waals surface area (Å²) in [4.78, 5) is 19.3. The standard InChI is InChI=1S/C17H12N2O5S.Na/c1-8-2-4-12-10(6-8)16(20)14(18-12)15-17(21)11-7-9(25(22,23)24)3-5-13(11)19-15;/h2-7,18,20H,1H3,(H,22,23,24);/q;+1/p-1. The van der Waals surface area contributed by atoms with E-state index in [2.05, 4.69) is 9.98 Å². The van der Waals surface area contributed by atoms with Gasteiger partial charge in [-0.1, -0.05) is 11.6 Å². The number of hydrogen-bond donors (Lipinski definition) is 2. The van der Waals surface area contributed by atoms with Gasteiger partial charge in [0.25, 0.3) is 0 Å². The fraction of sp³-hybridized carbons (Fsp3) is 0.0588. The maximum Gasteiger partial charge on any atom is 1.00 e. The number of aryl methyl sites for hydroxylation is 1. The molecule has 0 aliphatic carbocycles. The van der Waals surface area contributed by atoms with Gasteiger partial charge in [0.15, 0.2) is 5.75 Å². The molecule has 0 bridgehead atoms. The minimum atomic E-state index is -4.67. The first-order valence-electron chi connectivity index (χ1n) is 7.31. The van der Waals surface area contributed by atoms with Crippen molar-refractivity contribution in [2.75, 3.05) is 0 Å². The summed E-state index contributed by atoms with van der Waals surface area (Å²) in [5.74, 6) is -0.658.